The van der Waals surface area contributed by atoms with Gasteiger partial charge in [-0.1, -0.05) is 70.3 Å². The largest absolute Gasteiger partial charge is 0.497 e. The molecule has 1 saturated carbocycles. The first kappa shape index (κ1) is 35.0. The Morgan fingerprint density at radius 3 is 2.45 bits per heavy atom. The van der Waals surface area contributed by atoms with Crippen LogP contribution in [0.2, 0.25) is 25.7 Å². The van der Waals surface area contributed by atoms with E-state index in [-0.39, 0.29) is 43.2 Å². The van der Waals surface area contributed by atoms with Crippen LogP contribution in [0.5, 0.6) is 5.75 Å². The van der Waals surface area contributed by atoms with E-state index in [0.29, 0.717) is 13.0 Å². The molecular weight excluding hydrogens is 576 g/mol. The third-order valence-electron chi connectivity index (χ3n) is 10.0. The van der Waals surface area contributed by atoms with Crippen LogP contribution in [0, 0.1) is 23.2 Å². The Balaban J connectivity index is 1.70. The molecule has 0 aromatic heterocycles. The lowest BCUT2D eigenvalue weighted by Gasteiger charge is -2.50. The number of hydrogen-bond acceptors (Lipinski definition) is 8. The number of fused-ring (bicyclic) bond motifs is 2. The average Bonchev–Trinajstić information content (AvgIpc) is 3.30. The zero-order valence-electron chi connectivity index (χ0n) is 28.1. The summed E-state index contributed by atoms with van der Waals surface area (Å²) in [5, 5.41) is 0. The van der Waals surface area contributed by atoms with Crippen molar-refractivity contribution in [1.82, 2.24) is 0 Å². The smallest absolute Gasteiger partial charge is 0.184 e. The summed E-state index contributed by atoms with van der Waals surface area (Å²) in [6.07, 6.45) is 4.82. The molecule has 44 heavy (non-hydrogen) atoms. The lowest BCUT2D eigenvalue weighted by molar-refractivity contribution is -0.323. The maximum atomic E-state index is 14.5. The van der Waals surface area contributed by atoms with Crippen molar-refractivity contribution in [2.75, 3.05) is 41.0 Å². The Bertz CT molecular complexity index is 1140. The fourth-order valence-corrected chi connectivity index (χ4v) is 7.88. The van der Waals surface area contributed by atoms with Gasteiger partial charge >= 0.3 is 0 Å². The SMILES string of the molecule is C=C[C@H]1O[C@@H](c2ccc(OC)cc2)OC[C@@]1(OCOCC[Si](C)(C)C)[C@H]1C/C=C2\CC[C@H]([C@@H](OCOC)C(=O)[C@H]1C)C2(C)C. The number of Topliss-reactive ketones (excluding diaryl/α,β-unsaturated/α-hetero) is 1. The van der Waals surface area contributed by atoms with E-state index in [2.05, 4.69) is 46.1 Å². The molecule has 1 aromatic rings. The molecule has 1 heterocycles. The van der Waals surface area contributed by atoms with Crippen LogP contribution in [0.4, 0.5) is 0 Å². The van der Waals surface area contributed by atoms with Gasteiger partial charge in [-0.05, 0) is 42.9 Å². The Morgan fingerprint density at radius 1 is 1.09 bits per heavy atom. The number of hydrogen-bond donors (Lipinski definition) is 0. The van der Waals surface area contributed by atoms with Crippen LogP contribution < -0.4 is 4.74 Å². The van der Waals surface area contributed by atoms with Crippen molar-refractivity contribution in [2.24, 2.45) is 23.2 Å². The average molecular weight is 631 g/mol. The van der Waals surface area contributed by atoms with Gasteiger partial charge in [0.1, 0.15) is 37.1 Å². The van der Waals surface area contributed by atoms with Crippen LogP contribution in [0.3, 0.4) is 0 Å². The molecule has 2 aliphatic carbocycles. The first-order chi connectivity index (χ1) is 20.9. The predicted molar refractivity (Wildman–Crippen MR) is 173 cm³/mol. The molecule has 1 aromatic carbocycles. The minimum Gasteiger partial charge on any atom is -0.497 e. The lowest BCUT2D eigenvalue weighted by atomic mass is 9.70. The number of ketones is 1. The molecule has 9 heteroatoms. The molecular formula is C35H54O8Si. The molecule has 1 aliphatic heterocycles. The molecule has 3 aliphatic rings. The highest BCUT2D eigenvalue weighted by atomic mass is 28.3. The molecule has 0 radical (unpaired) electrons. The van der Waals surface area contributed by atoms with E-state index in [1.807, 2.05) is 31.2 Å². The fourth-order valence-electron chi connectivity index (χ4n) is 7.12. The second-order valence-electron chi connectivity index (χ2n) is 14.3. The van der Waals surface area contributed by atoms with Gasteiger partial charge in [0, 0.05) is 45.1 Å². The number of ether oxygens (including phenoxy) is 7. The van der Waals surface area contributed by atoms with Crippen molar-refractivity contribution < 1.29 is 38.0 Å². The van der Waals surface area contributed by atoms with Crippen molar-refractivity contribution in [1.29, 1.82) is 0 Å². The first-order valence-electron chi connectivity index (χ1n) is 16.0. The van der Waals surface area contributed by atoms with E-state index in [1.54, 1.807) is 20.3 Å². The molecule has 1 saturated heterocycles. The molecule has 246 valence electrons. The summed E-state index contributed by atoms with van der Waals surface area (Å²) in [6.45, 7) is 18.6. The van der Waals surface area contributed by atoms with Crippen LogP contribution in [0.1, 0.15) is 51.9 Å². The predicted octanol–water partition coefficient (Wildman–Crippen LogP) is 6.94. The maximum absolute atomic E-state index is 14.5. The molecule has 0 unspecified atom stereocenters. The summed E-state index contributed by atoms with van der Waals surface area (Å²) in [4.78, 5) is 14.5. The quantitative estimate of drug-likeness (QED) is 0.100. The standard InChI is InChI=1S/C35H54O8Si/c1-10-30-35(42-23-39-19-20-44(7,8)9,21-40-33(43-30)25-11-15-27(38-6)16-12-25)28-17-13-26-14-18-29(34(26,3)4)32(41-22-37-5)31(36)24(28)2/h10-13,15-16,24,28-30,32-33H,1,14,17-23H2,2-9H3/b26-13+/t24-,28-,29+,30+,32+,33-,35+/m0/s1. The first-order valence-corrected chi connectivity index (χ1v) is 19.7. The summed E-state index contributed by atoms with van der Waals surface area (Å²) >= 11 is 0. The summed E-state index contributed by atoms with van der Waals surface area (Å²) in [6, 6.07) is 8.67. The van der Waals surface area contributed by atoms with Gasteiger partial charge in [-0.3, -0.25) is 4.79 Å². The Kier molecular flexibility index (Phi) is 11.7. The van der Waals surface area contributed by atoms with Crippen LogP contribution in [-0.4, -0.2) is 72.7 Å². The Hall–Kier alpha value is -1.85. The van der Waals surface area contributed by atoms with Crippen LogP contribution in [-0.2, 0) is 33.2 Å². The summed E-state index contributed by atoms with van der Waals surface area (Å²) in [5.41, 5.74) is 1.03. The molecule has 4 rings (SSSR count). The van der Waals surface area contributed by atoms with E-state index in [0.717, 1.165) is 30.2 Å². The van der Waals surface area contributed by atoms with Gasteiger partial charge in [0.2, 0.25) is 0 Å². The normalized spacial score (nSPS) is 33.5. The van der Waals surface area contributed by atoms with Gasteiger partial charge in [0.05, 0.1) is 13.7 Å². The minimum atomic E-state index is -1.28. The molecule has 0 amide bonds. The van der Waals surface area contributed by atoms with Gasteiger partial charge in [-0.2, -0.15) is 0 Å². The van der Waals surface area contributed by atoms with E-state index in [9.17, 15) is 4.79 Å². The van der Waals surface area contributed by atoms with Gasteiger partial charge in [-0.15, -0.1) is 6.58 Å². The monoisotopic (exact) mass is 630 g/mol. The van der Waals surface area contributed by atoms with Gasteiger partial charge < -0.3 is 33.2 Å². The summed E-state index contributed by atoms with van der Waals surface area (Å²) in [5.74, 6) is 0.174. The molecule has 2 fully saturated rings. The van der Waals surface area contributed by atoms with E-state index in [1.165, 1.54) is 5.57 Å². The molecule has 2 bridgehead atoms. The number of methoxy groups -OCH3 is 2. The number of allylic oxidation sites excluding steroid dienone is 2. The van der Waals surface area contributed by atoms with Gasteiger partial charge in [-0.25, -0.2) is 0 Å². The molecule has 0 spiro atoms. The van der Waals surface area contributed by atoms with Crippen LogP contribution in [0.25, 0.3) is 0 Å². The summed E-state index contributed by atoms with van der Waals surface area (Å²) < 4.78 is 42.7. The van der Waals surface area contributed by atoms with E-state index < -0.39 is 38.1 Å². The third kappa shape index (κ3) is 7.57. The van der Waals surface area contributed by atoms with Crippen molar-refractivity contribution >= 4 is 13.9 Å². The van der Waals surface area contributed by atoms with Crippen molar-refractivity contribution in [3.63, 3.8) is 0 Å². The van der Waals surface area contributed by atoms with Crippen molar-refractivity contribution in [2.45, 2.75) is 89.8 Å². The number of carbonyl (C=O) groups is 1. The van der Waals surface area contributed by atoms with Gasteiger partial charge in [0.25, 0.3) is 0 Å². The lowest BCUT2D eigenvalue weighted by Crippen LogP contribution is -2.61. The molecule has 8 nitrogen and oxygen atoms in total. The summed E-state index contributed by atoms with van der Waals surface area (Å²) in [7, 11) is 1.95. The van der Waals surface area contributed by atoms with E-state index >= 15 is 0 Å². The van der Waals surface area contributed by atoms with E-state index in [4.69, 9.17) is 33.2 Å². The molecule has 7 atom stereocenters. The topological polar surface area (TPSA) is 81.7 Å². The minimum absolute atomic E-state index is 0.0596. The Morgan fingerprint density at radius 2 is 1.82 bits per heavy atom. The van der Waals surface area contributed by atoms with Crippen LogP contribution in [0.15, 0.2) is 48.6 Å². The Labute approximate surface area is 265 Å². The molecule has 0 N–H and O–H groups in total. The number of carbonyl (C=O) groups excluding carboxylic acids is 1. The highest BCUT2D eigenvalue weighted by Gasteiger charge is 2.56. The van der Waals surface area contributed by atoms with Gasteiger partial charge in [0.15, 0.2) is 12.1 Å². The highest BCUT2D eigenvalue weighted by molar-refractivity contribution is 6.76. The number of rotatable bonds is 13. The zero-order chi connectivity index (χ0) is 32.1. The zero-order valence-corrected chi connectivity index (χ0v) is 29.1. The second-order valence-corrected chi connectivity index (χ2v) is 19.9. The second kappa shape index (κ2) is 14.7. The highest BCUT2D eigenvalue weighted by Crippen LogP contribution is 2.53. The number of benzene rings is 1. The third-order valence-corrected chi connectivity index (χ3v) is 11.7. The van der Waals surface area contributed by atoms with Crippen LogP contribution >= 0.6 is 0 Å². The van der Waals surface area contributed by atoms with Crippen molar-refractivity contribution in [3.8, 4) is 5.75 Å². The van der Waals surface area contributed by atoms with Crippen molar-refractivity contribution in [3.05, 3.63) is 54.1 Å². The maximum Gasteiger partial charge on any atom is 0.184 e. The fraction of sp³-hybridized carbons (Fsp3) is 0.686.